The molecule has 0 bridgehead atoms. The molecule has 1 aromatic rings. The first-order valence-corrected chi connectivity index (χ1v) is 6.30. The number of aryl methyl sites for hydroxylation is 1. The molecule has 0 radical (unpaired) electrons. The number of urea groups is 1. The summed E-state index contributed by atoms with van der Waals surface area (Å²) in [6.07, 6.45) is 0.707. The van der Waals surface area contributed by atoms with Crippen LogP contribution in [0.25, 0.3) is 0 Å². The normalized spacial score (nSPS) is 11.9. The van der Waals surface area contributed by atoms with Gasteiger partial charge in [-0.05, 0) is 24.8 Å². The molecule has 0 aromatic heterocycles. The van der Waals surface area contributed by atoms with Crippen LogP contribution in [0.4, 0.5) is 4.79 Å². The third-order valence-corrected chi connectivity index (χ3v) is 2.81. The molecule has 2 amide bonds. The zero-order chi connectivity index (χ0) is 13.4. The number of amides is 2. The number of aliphatic hydroxyl groups is 1. The summed E-state index contributed by atoms with van der Waals surface area (Å²) in [4.78, 5) is 11.5. The van der Waals surface area contributed by atoms with Crippen molar-refractivity contribution >= 4 is 6.03 Å². The lowest BCUT2D eigenvalue weighted by Gasteiger charge is -2.12. The molecular weight excluding hydrogens is 228 g/mol. The van der Waals surface area contributed by atoms with Gasteiger partial charge in [-0.15, -0.1) is 0 Å². The third-order valence-electron chi connectivity index (χ3n) is 2.81. The van der Waals surface area contributed by atoms with Gasteiger partial charge in [0.25, 0.3) is 0 Å². The first kappa shape index (κ1) is 14.5. The summed E-state index contributed by atoms with van der Waals surface area (Å²) in [5.41, 5.74) is 2.29. The Morgan fingerprint density at radius 1 is 1.28 bits per heavy atom. The van der Waals surface area contributed by atoms with Gasteiger partial charge in [0.2, 0.25) is 0 Å². The Labute approximate surface area is 108 Å². The van der Waals surface area contributed by atoms with Crippen LogP contribution in [0.1, 0.15) is 24.5 Å². The molecule has 0 aliphatic heterocycles. The topological polar surface area (TPSA) is 61.4 Å². The van der Waals surface area contributed by atoms with E-state index in [9.17, 15) is 4.79 Å². The van der Waals surface area contributed by atoms with Gasteiger partial charge >= 0.3 is 6.03 Å². The van der Waals surface area contributed by atoms with E-state index in [0.29, 0.717) is 25.4 Å². The lowest BCUT2D eigenvalue weighted by molar-refractivity contribution is 0.233. The summed E-state index contributed by atoms with van der Waals surface area (Å²) in [5.74, 6) is 0.292. The van der Waals surface area contributed by atoms with Crippen LogP contribution in [0.15, 0.2) is 24.3 Å². The van der Waals surface area contributed by atoms with Crippen LogP contribution in [0.3, 0.4) is 0 Å². The highest BCUT2D eigenvalue weighted by atomic mass is 16.3. The van der Waals surface area contributed by atoms with Crippen LogP contribution in [0.2, 0.25) is 0 Å². The number of benzene rings is 1. The van der Waals surface area contributed by atoms with E-state index in [1.807, 2.05) is 38.1 Å². The minimum atomic E-state index is -0.166. The number of aliphatic hydroxyl groups excluding tert-OH is 1. The lowest BCUT2D eigenvalue weighted by atomic mass is 10.1. The monoisotopic (exact) mass is 250 g/mol. The molecule has 0 heterocycles. The van der Waals surface area contributed by atoms with E-state index in [4.69, 9.17) is 5.11 Å². The molecule has 18 heavy (non-hydrogen) atoms. The highest BCUT2D eigenvalue weighted by Gasteiger charge is 2.04. The highest BCUT2D eigenvalue weighted by molar-refractivity contribution is 5.73. The van der Waals surface area contributed by atoms with E-state index >= 15 is 0 Å². The fourth-order valence-corrected chi connectivity index (χ4v) is 1.54. The van der Waals surface area contributed by atoms with Crippen molar-refractivity contribution < 1.29 is 9.90 Å². The first-order valence-electron chi connectivity index (χ1n) is 6.30. The summed E-state index contributed by atoms with van der Waals surface area (Å²) in [5, 5.41) is 14.3. The largest absolute Gasteiger partial charge is 0.396 e. The molecule has 1 atom stereocenters. The van der Waals surface area contributed by atoms with E-state index in [2.05, 4.69) is 10.6 Å². The van der Waals surface area contributed by atoms with Gasteiger partial charge in [-0.25, -0.2) is 4.79 Å². The van der Waals surface area contributed by atoms with Crippen LogP contribution in [0.5, 0.6) is 0 Å². The Bertz CT molecular complexity index is 363. The minimum absolute atomic E-state index is 0.161. The van der Waals surface area contributed by atoms with Gasteiger partial charge in [-0.2, -0.15) is 0 Å². The Hall–Kier alpha value is -1.55. The maximum absolute atomic E-state index is 11.5. The smallest absolute Gasteiger partial charge is 0.315 e. The molecule has 0 aliphatic rings. The number of nitrogens with one attached hydrogen (secondary N) is 2. The summed E-state index contributed by atoms with van der Waals surface area (Å²) in [7, 11) is 0. The Morgan fingerprint density at radius 3 is 2.56 bits per heavy atom. The number of rotatable bonds is 6. The van der Waals surface area contributed by atoms with Crippen molar-refractivity contribution in [3.63, 3.8) is 0 Å². The Morgan fingerprint density at radius 2 is 1.94 bits per heavy atom. The van der Waals surface area contributed by atoms with Crippen LogP contribution in [0, 0.1) is 12.8 Å². The second kappa shape index (κ2) is 7.71. The highest BCUT2D eigenvalue weighted by Crippen LogP contribution is 2.02. The van der Waals surface area contributed by atoms with Crippen molar-refractivity contribution in [3.05, 3.63) is 35.4 Å². The predicted molar refractivity (Wildman–Crippen MR) is 72.3 cm³/mol. The summed E-state index contributed by atoms with van der Waals surface area (Å²) >= 11 is 0. The number of carbonyl (C=O) groups excluding carboxylic acids is 1. The van der Waals surface area contributed by atoms with Gasteiger partial charge in [0.05, 0.1) is 0 Å². The number of carbonyl (C=O) groups is 1. The molecule has 4 nitrogen and oxygen atoms in total. The van der Waals surface area contributed by atoms with E-state index in [1.54, 1.807) is 0 Å². The first-order chi connectivity index (χ1) is 8.61. The van der Waals surface area contributed by atoms with Gasteiger partial charge in [-0.3, -0.25) is 0 Å². The van der Waals surface area contributed by atoms with Crippen LogP contribution in [-0.4, -0.2) is 24.3 Å². The number of hydrogen-bond acceptors (Lipinski definition) is 2. The molecule has 100 valence electrons. The molecule has 4 heteroatoms. The predicted octanol–water partition coefficient (Wildman–Crippen LogP) is 1.81. The fraction of sp³-hybridized carbons (Fsp3) is 0.500. The molecule has 0 saturated carbocycles. The van der Waals surface area contributed by atoms with E-state index < -0.39 is 0 Å². The summed E-state index contributed by atoms with van der Waals surface area (Å²) in [6, 6.07) is 7.89. The lowest BCUT2D eigenvalue weighted by Crippen LogP contribution is -2.37. The van der Waals surface area contributed by atoms with E-state index in [-0.39, 0.29) is 12.6 Å². The summed E-state index contributed by atoms with van der Waals surface area (Å²) < 4.78 is 0. The molecular formula is C14H22N2O2. The number of hydrogen-bond donors (Lipinski definition) is 3. The maximum atomic E-state index is 11.5. The molecule has 1 rings (SSSR count). The standard InChI is InChI=1S/C14H22N2O2/c1-11-3-5-13(6-4-11)10-16-14(18)15-9-12(2)7-8-17/h3-6,12,17H,7-10H2,1-2H3,(H2,15,16,18). The van der Waals surface area contributed by atoms with Crippen LogP contribution >= 0.6 is 0 Å². The molecule has 0 aliphatic carbocycles. The van der Waals surface area contributed by atoms with Gasteiger partial charge in [0.15, 0.2) is 0 Å². The zero-order valence-electron chi connectivity index (χ0n) is 11.1. The molecule has 1 aromatic carbocycles. The third kappa shape index (κ3) is 5.68. The zero-order valence-corrected chi connectivity index (χ0v) is 11.1. The van der Waals surface area contributed by atoms with Crippen molar-refractivity contribution in [2.45, 2.75) is 26.8 Å². The Balaban J connectivity index is 2.22. The van der Waals surface area contributed by atoms with E-state index in [1.165, 1.54) is 5.56 Å². The van der Waals surface area contributed by atoms with E-state index in [0.717, 1.165) is 5.56 Å². The molecule has 3 N–H and O–H groups in total. The second-order valence-electron chi connectivity index (χ2n) is 4.67. The molecule has 1 unspecified atom stereocenters. The summed E-state index contributed by atoms with van der Waals surface area (Å²) in [6.45, 7) is 5.30. The van der Waals surface area contributed by atoms with Crippen LogP contribution < -0.4 is 10.6 Å². The Kier molecular flexibility index (Phi) is 6.22. The quantitative estimate of drug-likeness (QED) is 0.721. The SMILES string of the molecule is Cc1ccc(CNC(=O)NCC(C)CCO)cc1. The van der Waals surface area contributed by atoms with Gasteiger partial charge in [-0.1, -0.05) is 36.8 Å². The van der Waals surface area contributed by atoms with Gasteiger partial charge in [0, 0.05) is 19.7 Å². The van der Waals surface area contributed by atoms with Gasteiger partial charge < -0.3 is 15.7 Å². The minimum Gasteiger partial charge on any atom is -0.396 e. The maximum Gasteiger partial charge on any atom is 0.315 e. The van der Waals surface area contributed by atoms with Crippen LogP contribution in [-0.2, 0) is 6.54 Å². The molecule has 0 saturated heterocycles. The second-order valence-corrected chi connectivity index (χ2v) is 4.67. The molecule has 0 spiro atoms. The average Bonchev–Trinajstić information content (AvgIpc) is 2.36. The van der Waals surface area contributed by atoms with Crippen molar-refractivity contribution in [2.24, 2.45) is 5.92 Å². The van der Waals surface area contributed by atoms with Crippen molar-refractivity contribution in [3.8, 4) is 0 Å². The fourth-order valence-electron chi connectivity index (χ4n) is 1.54. The van der Waals surface area contributed by atoms with Gasteiger partial charge in [0.1, 0.15) is 0 Å². The van der Waals surface area contributed by atoms with Crippen molar-refractivity contribution in [1.29, 1.82) is 0 Å². The molecule has 0 fully saturated rings. The van der Waals surface area contributed by atoms with Crippen molar-refractivity contribution in [1.82, 2.24) is 10.6 Å². The average molecular weight is 250 g/mol. The van der Waals surface area contributed by atoms with Crippen molar-refractivity contribution in [2.75, 3.05) is 13.2 Å².